The van der Waals surface area contributed by atoms with Gasteiger partial charge in [0.25, 0.3) is 0 Å². The monoisotopic (exact) mass is 396 g/mol. The molecule has 4 N–H and O–H groups in total. The molecule has 0 fully saturated rings. The molecule has 0 aliphatic rings. The highest BCUT2D eigenvalue weighted by Gasteiger charge is 2.22. The van der Waals surface area contributed by atoms with E-state index in [2.05, 4.69) is 5.32 Å². The highest BCUT2D eigenvalue weighted by molar-refractivity contribution is 5.76. The number of carbonyl (C=O) groups excluding carboxylic acids is 1. The molecule has 0 saturated carbocycles. The van der Waals surface area contributed by atoms with Crippen LogP contribution in [0.3, 0.4) is 0 Å². The average molecular weight is 397 g/mol. The predicted molar refractivity (Wildman–Crippen MR) is 109 cm³/mol. The summed E-state index contributed by atoms with van der Waals surface area (Å²) in [7, 11) is 3.29. The zero-order chi connectivity index (χ0) is 20.9. The van der Waals surface area contributed by atoms with Crippen molar-refractivity contribution in [1.29, 1.82) is 0 Å². The van der Waals surface area contributed by atoms with E-state index < -0.39 is 6.10 Å². The van der Waals surface area contributed by atoms with Crippen molar-refractivity contribution in [1.82, 2.24) is 5.32 Å². The number of primary amides is 1. The summed E-state index contributed by atoms with van der Waals surface area (Å²) in [6.45, 7) is 6.39. The van der Waals surface area contributed by atoms with Crippen LogP contribution in [0.5, 0.6) is 11.5 Å². The molecule has 2 atom stereocenters. The number of nitrogens with two attached hydrogens (primary N) is 1. The molecule has 0 bridgehead atoms. The first-order chi connectivity index (χ1) is 13.4. The van der Waals surface area contributed by atoms with Crippen LogP contribution in [0.15, 0.2) is 18.2 Å². The summed E-state index contributed by atoms with van der Waals surface area (Å²) in [5.41, 5.74) is 6.48. The van der Waals surface area contributed by atoms with Crippen molar-refractivity contribution < 1.29 is 24.1 Å². The summed E-state index contributed by atoms with van der Waals surface area (Å²) in [6.07, 6.45) is 1.22. The Morgan fingerprint density at radius 1 is 1.21 bits per heavy atom. The maximum Gasteiger partial charge on any atom is 0.220 e. The molecular formula is C21H36N2O5. The Morgan fingerprint density at radius 3 is 2.57 bits per heavy atom. The molecule has 1 rings (SSSR count). The van der Waals surface area contributed by atoms with Crippen LogP contribution in [0.2, 0.25) is 0 Å². The minimum Gasteiger partial charge on any atom is -0.493 e. The minimum atomic E-state index is -0.553. The van der Waals surface area contributed by atoms with Gasteiger partial charge in [-0.3, -0.25) is 4.79 Å². The number of hydrogen-bond donors (Lipinski definition) is 3. The van der Waals surface area contributed by atoms with E-state index in [0.717, 1.165) is 12.0 Å². The van der Waals surface area contributed by atoms with Crippen LogP contribution < -0.4 is 20.5 Å². The van der Waals surface area contributed by atoms with Crippen LogP contribution in [0.25, 0.3) is 0 Å². The smallest absolute Gasteiger partial charge is 0.220 e. The van der Waals surface area contributed by atoms with Gasteiger partial charge < -0.3 is 30.4 Å². The van der Waals surface area contributed by atoms with Gasteiger partial charge in [0.15, 0.2) is 11.5 Å². The second-order valence-corrected chi connectivity index (χ2v) is 7.29. The summed E-state index contributed by atoms with van der Waals surface area (Å²) in [5, 5.41) is 13.5. The lowest BCUT2D eigenvalue weighted by molar-refractivity contribution is -0.124. The number of amides is 1. The third-order valence-electron chi connectivity index (χ3n) is 4.66. The molecule has 1 amide bonds. The topological polar surface area (TPSA) is 103 Å². The summed E-state index contributed by atoms with van der Waals surface area (Å²) < 4.78 is 16.2. The summed E-state index contributed by atoms with van der Waals surface area (Å²) in [6, 6.07) is 5.82. The number of ether oxygens (including phenoxy) is 3. The SMILES string of the molecule is COCCCOc1cc(CNCC[C@@H](O)C[C@H](C(N)=O)C(C)C)ccc1OC. The van der Waals surface area contributed by atoms with Crippen molar-refractivity contribution in [2.75, 3.05) is 34.0 Å². The number of methoxy groups -OCH3 is 2. The maximum atomic E-state index is 11.5. The van der Waals surface area contributed by atoms with Gasteiger partial charge in [0.05, 0.1) is 19.8 Å². The van der Waals surface area contributed by atoms with Gasteiger partial charge in [-0.25, -0.2) is 0 Å². The fraction of sp³-hybridized carbons (Fsp3) is 0.667. The summed E-state index contributed by atoms with van der Waals surface area (Å²) in [5.74, 6) is 0.885. The predicted octanol–water partition coefficient (Wildman–Crippen LogP) is 2.10. The lowest BCUT2D eigenvalue weighted by atomic mass is 9.89. The largest absolute Gasteiger partial charge is 0.493 e. The molecule has 7 heteroatoms. The first kappa shape index (κ1) is 24.2. The Hall–Kier alpha value is -1.83. The molecule has 28 heavy (non-hydrogen) atoms. The Balaban J connectivity index is 2.44. The lowest BCUT2D eigenvalue weighted by Crippen LogP contribution is -2.32. The van der Waals surface area contributed by atoms with Crippen molar-refractivity contribution in [2.24, 2.45) is 17.6 Å². The highest BCUT2D eigenvalue weighted by atomic mass is 16.5. The van der Waals surface area contributed by atoms with Gasteiger partial charge in [-0.05, 0) is 43.0 Å². The molecule has 0 saturated heterocycles. The van der Waals surface area contributed by atoms with E-state index in [1.165, 1.54) is 0 Å². The fourth-order valence-corrected chi connectivity index (χ4v) is 2.96. The molecule has 0 aromatic heterocycles. The standard InChI is InChI=1S/C21H36N2O5/c1-15(2)18(21(22)25)13-17(24)8-9-23-14-16-6-7-19(27-4)20(12-16)28-11-5-10-26-3/h6-7,12,15,17-18,23-24H,5,8-11,13-14H2,1-4H3,(H2,22,25)/t17-,18+/m1/s1. The normalized spacial score (nSPS) is 13.4. The molecule has 1 aromatic rings. The van der Waals surface area contributed by atoms with Crippen molar-refractivity contribution >= 4 is 5.91 Å². The Kier molecular flexibility index (Phi) is 11.6. The van der Waals surface area contributed by atoms with E-state index in [1.54, 1.807) is 14.2 Å². The first-order valence-corrected chi connectivity index (χ1v) is 9.85. The molecule has 160 valence electrons. The average Bonchev–Trinajstić information content (AvgIpc) is 2.66. The van der Waals surface area contributed by atoms with E-state index in [1.807, 2.05) is 32.0 Å². The third kappa shape index (κ3) is 8.91. The molecule has 0 aliphatic heterocycles. The lowest BCUT2D eigenvalue weighted by Gasteiger charge is -2.20. The van der Waals surface area contributed by atoms with Crippen LogP contribution in [0.4, 0.5) is 0 Å². The van der Waals surface area contributed by atoms with Crippen LogP contribution in [0, 0.1) is 11.8 Å². The van der Waals surface area contributed by atoms with E-state index >= 15 is 0 Å². The second-order valence-electron chi connectivity index (χ2n) is 7.29. The number of benzene rings is 1. The number of carbonyl (C=O) groups is 1. The number of hydrogen-bond acceptors (Lipinski definition) is 6. The van der Waals surface area contributed by atoms with Crippen molar-refractivity contribution in [3.05, 3.63) is 23.8 Å². The highest BCUT2D eigenvalue weighted by Crippen LogP contribution is 2.28. The van der Waals surface area contributed by atoms with Gasteiger partial charge in [0.2, 0.25) is 5.91 Å². The molecule has 0 aliphatic carbocycles. The minimum absolute atomic E-state index is 0.127. The van der Waals surface area contributed by atoms with E-state index in [9.17, 15) is 9.90 Å². The molecule has 0 radical (unpaired) electrons. The molecular weight excluding hydrogens is 360 g/mol. The molecule has 7 nitrogen and oxygen atoms in total. The molecule has 1 aromatic carbocycles. The zero-order valence-electron chi connectivity index (χ0n) is 17.6. The maximum absolute atomic E-state index is 11.5. The van der Waals surface area contributed by atoms with Crippen molar-refractivity contribution in [3.8, 4) is 11.5 Å². The summed E-state index contributed by atoms with van der Waals surface area (Å²) in [4.78, 5) is 11.5. The number of aliphatic hydroxyl groups excluding tert-OH is 1. The van der Waals surface area contributed by atoms with E-state index in [0.29, 0.717) is 50.6 Å². The Morgan fingerprint density at radius 2 is 1.96 bits per heavy atom. The first-order valence-electron chi connectivity index (χ1n) is 9.85. The van der Waals surface area contributed by atoms with Gasteiger partial charge in [-0.1, -0.05) is 19.9 Å². The van der Waals surface area contributed by atoms with Crippen LogP contribution in [-0.2, 0) is 16.1 Å². The van der Waals surface area contributed by atoms with Crippen LogP contribution >= 0.6 is 0 Å². The number of aliphatic hydroxyl groups is 1. The second kappa shape index (κ2) is 13.4. The van der Waals surface area contributed by atoms with E-state index in [-0.39, 0.29) is 17.7 Å². The Labute approximate surface area is 168 Å². The van der Waals surface area contributed by atoms with Crippen molar-refractivity contribution in [2.45, 2.75) is 45.8 Å². The molecule has 0 spiro atoms. The fourth-order valence-electron chi connectivity index (χ4n) is 2.96. The summed E-state index contributed by atoms with van der Waals surface area (Å²) >= 11 is 0. The van der Waals surface area contributed by atoms with Gasteiger partial charge in [-0.15, -0.1) is 0 Å². The molecule has 0 heterocycles. The van der Waals surface area contributed by atoms with Gasteiger partial charge in [0.1, 0.15) is 0 Å². The number of nitrogens with one attached hydrogen (secondary N) is 1. The van der Waals surface area contributed by atoms with Crippen LogP contribution in [-0.4, -0.2) is 51.1 Å². The van der Waals surface area contributed by atoms with Gasteiger partial charge >= 0.3 is 0 Å². The molecule has 0 unspecified atom stereocenters. The van der Waals surface area contributed by atoms with Crippen LogP contribution in [0.1, 0.15) is 38.7 Å². The third-order valence-corrected chi connectivity index (χ3v) is 4.66. The quantitative estimate of drug-likeness (QED) is 0.392. The van der Waals surface area contributed by atoms with Crippen molar-refractivity contribution in [3.63, 3.8) is 0 Å². The Bertz CT molecular complexity index is 580. The number of rotatable bonds is 15. The zero-order valence-corrected chi connectivity index (χ0v) is 17.6. The van der Waals surface area contributed by atoms with Gasteiger partial charge in [0, 0.05) is 32.6 Å². The van der Waals surface area contributed by atoms with Gasteiger partial charge in [-0.2, -0.15) is 0 Å². The van der Waals surface area contributed by atoms with E-state index in [4.69, 9.17) is 19.9 Å².